The zero-order valence-corrected chi connectivity index (χ0v) is 21.0. The van der Waals surface area contributed by atoms with Crippen LogP contribution in [-0.2, 0) is 12.3 Å². The molecule has 0 N–H and O–H groups in total. The van der Waals surface area contributed by atoms with Gasteiger partial charge in [0.1, 0.15) is 5.75 Å². The molecule has 0 amide bonds. The van der Waals surface area contributed by atoms with E-state index in [0.717, 1.165) is 60.4 Å². The monoisotopic (exact) mass is 508 g/mol. The molecule has 0 saturated heterocycles. The summed E-state index contributed by atoms with van der Waals surface area (Å²) >= 11 is 0. The summed E-state index contributed by atoms with van der Waals surface area (Å²) in [7, 11) is 0. The first kappa shape index (κ1) is 26.9. The molecule has 2 aromatic rings. The molecule has 0 bridgehead atoms. The van der Waals surface area contributed by atoms with Gasteiger partial charge in [-0.15, -0.1) is 0 Å². The van der Waals surface area contributed by atoms with Crippen molar-refractivity contribution in [3.05, 3.63) is 65.2 Å². The smallest absolute Gasteiger partial charge is 0.426 e. The lowest BCUT2D eigenvalue weighted by molar-refractivity contribution is -0.185. The lowest BCUT2D eigenvalue weighted by Gasteiger charge is -2.32. The predicted octanol–water partition coefficient (Wildman–Crippen LogP) is 10.1. The van der Waals surface area contributed by atoms with Crippen LogP contribution in [0.1, 0.15) is 100 Å². The second-order valence-electron chi connectivity index (χ2n) is 10.9. The minimum absolute atomic E-state index is 0.308. The number of rotatable bonds is 8. The number of ether oxygens (including phenoxy) is 1. The van der Waals surface area contributed by atoms with Crippen LogP contribution in [0.25, 0.3) is 0 Å². The second kappa shape index (κ2) is 11.5. The second-order valence-corrected chi connectivity index (χ2v) is 10.9. The average Bonchev–Trinajstić information content (AvgIpc) is 2.88. The minimum Gasteiger partial charge on any atom is -0.429 e. The van der Waals surface area contributed by atoms with Crippen LogP contribution in [0.4, 0.5) is 22.0 Å². The molecule has 0 atom stereocenters. The van der Waals surface area contributed by atoms with Crippen LogP contribution in [0.5, 0.6) is 5.75 Å². The average molecular weight is 509 g/mol. The predicted molar refractivity (Wildman–Crippen MR) is 132 cm³/mol. The molecule has 6 heteroatoms. The summed E-state index contributed by atoms with van der Waals surface area (Å²) in [5, 5.41) is 0. The summed E-state index contributed by atoms with van der Waals surface area (Å²) in [6.07, 6.45) is 6.01. The van der Waals surface area contributed by atoms with Crippen LogP contribution in [-0.4, -0.2) is 0 Å². The molecule has 2 aromatic carbocycles. The largest absolute Gasteiger partial charge is 0.429 e. The van der Waals surface area contributed by atoms with Crippen LogP contribution < -0.4 is 4.74 Å². The summed E-state index contributed by atoms with van der Waals surface area (Å²) in [6, 6.07) is 9.55. The minimum atomic E-state index is -4.52. The standard InChI is InChI=1S/C30H37F5O/c1-2-21-3-5-22(6-4-21)7-8-23-9-11-24(12-10-23)25-13-15-27(16-14-25)30(34,35)36-28-19-17-26(18-20-28)29(31,32)33/h13-24H,2-12H2,1H3. The molecular weight excluding hydrogens is 471 g/mol. The quantitative estimate of drug-likeness (QED) is 0.322. The van der Waals surface area contributed by atoms with Gasteiger partial charge in [-0.05, 0) is 91.3 Å². The number of hydrogen-bond donors (Lipinski definition) is 0. The fourth-order valence-electron chi connectivity index (χ4n) is 6.05. The van der Waals surface area contributed by atoms with E-state index in [0.29, 0.717) is 5.92 Å². The molecule has 2 aliphatic carbocycles. The maximum atomic E-state index is 14.6. The highest BCUT2D eigenvalue weighted by Crippen LogP contribution is 2.41. The molecule has 2 aliphatic rings. The van der Waals surface area contributed by atoms with Gasteiger partial charge in [0.15, 0.2) is 0 Å². The third-order valence-corrected chi connectivity index (χ3v) is 8.52. The Morgan fingerprint density at radius 1 is 0.639 bits per heavy atom. The van der Waals surface area contributed by atoms with Gasteiger partial charge in [0, 0.05) is 0 Å². The van der Waals surface area contributed by atoms with E-state index in [1.54, 1.807) is 12.1 Å². The lowest BCUT2D eigenvalue weighted by atomic mass is 9.74. The summed E-state index contributed by atoms with van der Waals surface area (Å²) in [5.74, 6) is 2.71. The first-order chi connectivity index (χ1) is 17.1. The highest BCUT2D eigenvalue weighted by Gasteiger charge is 2.36. The van der Waals surface area contributed by atoms with Gasteiger partial charge in [0.25, 0.3) is 0 Å². The summed E-state index contributed by atoms with van der Waals surface area (Å²) in [4.78, 5) is 0. The topological polar surface area (TPSA) is 9.23 Å². The Balaban J connectivity index is 1.25. The van der Waals surface area contributed by atoms with Crippen molar-refractivity contribution in [1.29, 1.82) is 0 Å². The molecule has 198 valence electrons. The number of benzene rings is 2. The lowest BCUT2D eigenvalue weighted by Crippen LogP contribution is -2.22. The van der Waals surface area contributed by atoms with E-state index in [4.69, 9.17) is 4.74 Å². The van der Waals surface area contributed by atoms with Gasteiger partial charge in [-0.1, -0.05) is 64.0 Å². The number of hydrogen-bond acceptors (Lipinski definition) is 1. The van der Waals surface area contributed by atoms with Crippen molar-refractivity contribution in [2.24, 2.45) is 17.8 Å². The van der Waals surface area contributed by atoms with Gasteiger partial charge in [-0.2, -0.15) is 22.0 Å². The van der Waals surface area contributed by atoms with E-state index in [9.17, 15) is 22.0 Å². The maximum Gasteiger partial charge on any atom is 0.426 e. The van der Waals surface area contributed by atoms with Crippen LogP contribution in [0.3, 0.4) is 0 Å². The molecule has 0 aliphatic heterocycles. The van der Waals surface area contributed by atoms with E-state index >= 15 is 0 Å². The van der Waals surface area contributed by atoms with Crippen LogP contribution in [0, 0.1) is 17.8 Å². The van der Waals surface area contributed by atoms with E-state index in [2.05, 4.69) is 6.92 Å². The van der Waals surface area contributed by atoms with Gasteiger partial charge in [0.2, 0.25) is 0 Å². The molecular formula is C30H37F5O. The van der Waals surface area contributed by atoms with E-state index < -0.39 is 17.8 Å². The first-order valence-electron chi connectivity index (χ1n) is 13.5. The highest BCUT2D eigenvalue weighted by atomic mass is 19.4. The Morgan fingerprint density at radius 2 is 1.11 bits per heavy atom. The number of alkyl halides is 5. The Hall–Kier alpha value is -2.11. The molecule has 2 fully saturated rings. The summed E-state index contributed by atoms with van der Waals surface area (Å²) < 4.78 is 72.1. The first-order valence-corrected chi connectivity index (χ1v) is 13.5. The molecule has 0 unspecified atom stereocenters. The van der Waals surface area contributed by atoms with Gasteiger partial charge in [-0.3, -0.25) is 0 Å². The molecule has 0 spiro atoms. The SMILES string of the molecule is CCC1CCC(CCC2CCC(c3ccc(C(F)(F)Oc4ccc(C(F)(F)F)cc4)cc3)CC2)CC1. The van der Waals surface area contributed by atoms with Crippen molar-refractivity contribution in [3.8, 4) is 5.75 Å². The normalized spacial score (nSPS) is 25.5. The zero-order chi connectivity index (χ0) is 25.8. The molecule has 4 rings (SSSR count). The fraction of sp³-hybridized carbons (Fsp3) is 0.600. The van der Waals surface area contributed by atoms with Gasteiger partial charge >= 0.3 is 12.3 Å². The van der Waals surface area contributed by atoms with E-state index in [1.807, 2.05) is 0 Å². The summed E-state index contributed by atoms with van der Waals surface area (Å²) in [6.45, 7) is 2.31. The van der Waals surface area contributed by atoms with Crippen LogP contribution >= 0.6 is 0 Å². The third-order valence-electron chi connectivity index (χ3n) is 8.52. The van der Waals surface area contributed by atoms with E-state index in [-0.39, 0.29) is 11.3 Å². The highest BCUT2D eigenvalue weighted by molar-refractivity contribution is 5.31. The molecule has 0 heterocycles. The van der Waals surface area contributed by atoms with Crippen molar-refractivity contribution in [1.82, 2.24) is 0 Å². The van der Waals surface area contributed by atoms with Crippen LogP contribution in [0.2, 0.25) is 0 Å². The fourth-order valence-corrected chi connectivity index (χ4v) is 6.05. The zero-order valence-electron chi connectivity index (χ0n) is 21.0. The Kier molecular flexibility index (Phi) is 8.62. The van der Waals surface area contributed by atoms with Crippen molar-refractivity contribution in [2.75, 3.05) is 0 Å². The molecule has 36 heavy (non-hydrogen) atoms. The maximum absolute atomic E-state index is 14.6. The third kappa shape index (κ3) is 7.01. The van der Waals surface area contributed by atoms with E-state index in [1.165, 1.54) is 69.9 Å². The van der Waals surface area contributed by atoms with Gasteiger partial charge < -0.3 is 4.74 Å². The van der Waals surface area contributed by atoms with Crippen LogP contribution in [0.15, 0.2) is 48.5 Å². The Bertz CT molecular complexity index is 935. The summed E-state index contributed by atoms with van der Waals surface area (Å²) in [5.41, 5.74) is -0.144. The number of halogens is 5. The van der Waals surface area contributed by atoms with Gasteiger partial charge in [0.05, 0.1) is 11.1 Å². The Labute approximate surface area is 211 Å². The molecule has 2 saturated carbocycles. The Morgan fingerprint density at radius 3 is 1.61 bits per heavy atom. The molecule has 0 aromatic heterocycles. The molecule has 1 nitrogen and oxygen atoms in total. The van der Waals surface area contributed by atoms with Crippen molar-refractivity contribution in [2.45, 2.75) is 95.8 Å². The van der Waals surface area contributed by atoms with Crippen molar-refractivity contribution >= 4 is 0 Å². The molecule has 0 radical (unpaired) electrons. The van der Waals surface area contributed by atoms with Gasteiger partial charge in [-0.25, -0.2) is 0 Å². The van der Waals surface area contributed by atoms with Crippen molar-refractivity contribution < 1.29 is 26.7 Å². The van der Waals surface area contributed by atoms with Crippen molar-refractivity contribution in [3.63, 3.8) is 0 Å².